The number of aromatic nitrogens is 1. The SMILES string of the molecule is Cc1c(C=O)c2ccccc2n1CC(=O)NC1CCCC1. The molecule has 4 heteroatoms. The lowest BCUT2D eigenvalue weighted by Crippen LogP contribution is -2.35. The molecule has 1 amide bonds. The summed E-state index contributed by atoms with van der Waals surface area (Å²) >= 11 is 0. The maximum Gasteiger partial charge on any atom is 0.240 e. The zero-order valence-electron chi connectivity index (χ0n) is 12.3. The molecule has 1 N–H and O–H groups in total. The Labute approximate surface area is 124 Å². The molecule has 110 valence electrons. The van der Waals surface area contributed by atoms with Gasteiger partial charge < -0.3 is 9.88 Å². The van der Waals surface area contributed by atoms with E-state index >= 15 is 0 Å². The van der Waals surface area contributed by atoms with Crippen LogP contribution in [0.25, 0.3) is 10.9 Å². The number of benzene rings is 1. The van der Waals surface area contributed by atoms with Gasteiger partial charge in [-0.25, -0.2) is 0 Å². The van der Waals surface area contributed by atoms with Crippen LogP contribution >= 0.6 is 0 Å². The molecule has 0 unspecified atom stereocenters. The third-order valence-corrected chi connectivity index (χ3v) is 4.42. The van der Waals surface area contributed by atoms with E-state index in [-0.39, 0.29) is 12.5 Å². The number of nitrogens with one attached hydrogen (secondary N) is 1. The van der Waals surface area contributed by atoms with Gasteiger partial charge in [-0.05, 0) is 25.8 Å². The minimum absolute atomic E-state index is 0.0307. The van der Waals surface area contributed by atoms with Gasteiger partial charge in [0, 0.05) is 28.2 Å². The molecule has 0 radical (unpaired) electrons. The summed E-state index contributed by atoms with van der Waals surface area (Å²) < 4.78 is 1.93. The van der Waals surface area contributed by atoms with Crippen molar-refractivity contribution in [1.82, 2.24) is 9.88 Å². The quantitative estimate of drug-likeness (QED) is 0.878. The number of hydrogen-bond donors (Lipinski definition) is 1. The third-order valence-electron chi connectivity index (χ3n) is 4.42. The van der Waals surface area contributed by atoms with Crippen LogP contribution in [-0.2, 0) is 11.3 Å². The normalized spacial score (nSPS) is 15.5. The average Bonchev–Trinajstić information content (AvgIpc) is 3.07. The number of rotatable bonds is 4. The van der Waals surface area contributed by atoms with Crippen LogP contribution < -0.4 is 5.32 Å². The molecular formula is C17H20N2O2. The zero-order valence-corrected chi connectivity index (χ0v) is 12.3. The maximum atomic E-state index is 12.2. The molecule has 3 rings (SSSR count). The number of aldehydes is 1. The van der Waals surface area contributed by atoms with Gasteiger partial charge >= 0.3 is 0 Å². The van der Waals surface area contributed by atoms with Gasteiger partial charge in [0.25, 0.3) is 0 Å². The van der Waals surface area contributed by atoms with Crippen LogP contribution in [-0.4, -0.2) is 22.8 Å². The van der Waals surface area contributed by atoms with Crippen molar-refractivity contribution < 1.29 is 9.59 Å². The molecule has 0 aliphatic heterocycles. The zero-order chi connectivity index (χ0) is 14.8. The first-order valence-corrected chi connectivity index (χ1v) is 7.53. The molecule has 0 saturated heterocycles. The second kappa shape index (κ2) is 5.72. The molecule has 21 heavy (non-hydrogen) atoms. The Morgan fingerprint density at radius 1 is 1.33 bits per heavy atom. The van der Waals surface area contributed by atoms with E-state index in [0.29, 0.717) is 11.6 Å². The number of para-hydroxylation sites is 1. The smallest absolute Gasteiger partial charge is 0.240 e. The Morgan fingerprint density at radius 2 is 2.05 bits per heavy atom. The van der Waals surface area contributed by atoms with Gasteiger partial charge in [-0.3, -0.25) is 9.59 Å². The first-order valence-electron chi connectivity index (χ1n) is 7.53. The second-order valence-electron chi connectivity index (χ2n) is 5.77. The van der Waals surface area contributed by atoms with E-state index in [2.05, 4.69) is 5.32 Å². The van der Waals surface area contributed by atoms with Gasteiger partial charge in [0.15, 0.2) is 6.29 Å². The first-order chi connectivity index (χ1) is 10.2. The second-order valence-corrected chi connectivity index (χ2v) is 5.77. The van der Waals surface area contributed by atoms with Gasteiger partial charge in [0.2, 0.25) is 5.91 Å². The van der Waals surface area contributed by atoms with E-state index < -0.39 is 0 Å². The molecule has 1 fully saturated rings. The molecule has 1 aliphatic carbocycles. The molecule has 1 heterocycles. The van der Waals surface area contributed by atoms with E-state index in [9.17, 15) is 9.59 Å². The summed E-state index contributed by atoms with van der Waals surface area (Å²) in [7, 11) is 0. The van der Waals surface area contributed by atoms with E-state index in [1.54, 1.807) is 0 Å². The van der Waals surface area contributed by atoms with Crippen molar-refractivity contribution in [2.24, 2.45) is 0 Å². The molecule has 0 spiro atoms. The first kappa shape index (κ1) is 13.9. The number of hydrogen-bond acceptors (Lipinski definition) is 2. The summed E-state index contributed by atoms with van der Waals surface area (Å²) in [4.78, 5) is 23.5. The maximum absolute atomic E-state index is 12.2. The van der Waals surface area contributed by atoms with E-state index in [4.69, 9.17) is 0 Å². The summed E-state index contributed by atoms with van der Waals surface area (Å²) in [6.07, 6.45) is 5.44. The fourth-order valence-electron chi connectivity index (χ4n) is 3.30. The van der Waals surface area contributed by atoms with Crippen LogP contribution in [0, 0.1) is 6.92 Å². The Kier molecular flexibility index (Phi) is 3.78. The van der Waals surface area contributed by atoms with Crippen molar-refractivity contribution in [3.05, 3.63) is 35.5 Å². The highest BCUT2D eigenvalue weighted by atomic mass is 16.2. The molecule has 0 bridgehead atoms. The van der Waals surface area contributed by atoms with Crippen LogP contribution in [0.3, 0.4) is 0 Å². The fraction of sp³-hybridized carbons (Fsp3) is 0.412. The number of nitrogens with zero attached hydrogens (tertiary/aromatic N) is 1. The van der Waals surface area contributed by atoms with Crippen molar-refractivity contribution in [3.8, 4) is 0 Å². The number of carbonyl (C=O) groups is 2. The van der Waals surface area contributed by atoms with Crippen molar-refractivity contribution in [1.29, 1.82) is 0 Å². The molecule has 0 atom stereocenters. The van der Waals surface area contributed by atoms with Crippen LogP contribution in [0.4, 0.5) is 0 Å². The molecular weight excluding hydrogens is 264 g/mol. The van der Waals surface area contributed by atoms with Crippen molar-refractivity contribution in [2.45, 2.75) is 45.2 Å². The van der Waals surface area contributed by atoms with Crippen molar-refractivity contribution >= 4 is 23.1 Å². The Morgan fingerprint density at radius 3 is 2.76 bits per heavy atom. The summed E-state index contributed by atoms with van der Waals surface area (Å²) in [5, 5.41) is 4.01. The molecule has 1 aromatic heterocycles. The fourth-order valence-corrected chi connectivity index (χ4v) is 3.30. The largest absolute Gasteiger partial charge is 0.352 e. The molecule has 1 aromatic carbocycles. The molecule has 4 nitrogen and oxygen atoms in total. The standard InChI is InChI=1S/C17H20N2O2/c1-12-15(11-20)14-8-4-5-9-16(14)19(12)10-17(21)18-13-6-2-3-7-13/h4-5,8-9,11,13H,2-3,6-7,10H2,1H3,(H,18,21). The number of fused-ring (bicyclic) bond motifs is 1. The molecule has 2 aromatic rings. The van der Waals surface area contributed by atoms with Gasteiger partial charge in [0.05, 0.1) is 0 Å². The van der Waals surface area contributed by atoms with E-state index in [1.165, 1.54) is 12.8 Å². The Hall–Kier alpha value is -2.10. The van der Waals surface area contributed by atoms with Crippen LogP contribution in [0.15, 0.2) is 24.3 Å². The minimum atomic E-state index is 0.0307. The van der Waals surface area contributed by atoms with Gasteiger partial charge in [-0.15, -0.1) is 0 Å². The van der Waals surface area contributed by atoms with Crippen molar-refractivity contribution in [2.75, 3.05) is 0 Å². The third kappa shape index (κ3) is 2.58. The Balaban J connectivity index is 1.87. The lowest BCUT2D eigenvalue weighted by atomic mass is 10.1. The highest BCUT2D eigenvalue weighted by molar-refractivity contribution is 5.99. The van der Waals surface area contributed by atoms with Crippen LogP contribution in [0.5, 0.6) is 0 Å². The summed E-state index contributed by atoms with van der Waals surface area (Å²) in [6.45, 7) is 2.17. The lowest BCUT2D eigenvalue weighted by Gasteiger charge is -2.14. The number of carbonyl (C=O) groups excluding carboxylic acids is 2. The van der Waals surface area contributed by atoms with Crippen LogP contribution in [0.1, 0.15) is 41.7 Å². The van der Waals surface area contributed by atoms with Gasteiger partial charge in [0.1, 0.15) is 6.54 Å². The summed E-state index contributed by atoms with van der Waals surface area (Å²) in [5.74, 6) is 0.0307. The van der Waals surface area contributed by atoms with Gasteiger partial charge in [-0.1, -0.05) is 31.0 Å². The highest BCUT2D eigenvalue weighted by Gasteiger charge is 2.19. The topological polar surface area (TPSA) is 51.1 Å². The van der Waals surface area contributed by atoms with E-state index in [0.717, 1.165) is 35.7 Å². The number of amides is 1. The van der Waals surface area contributed by atoms with Crippen LogP contribution in [0.2, 0.25) is 0 Å². The summed E-state index contributed by atoms with van der Waals surface area (Å²) in [6, 6.07) is 8.06. The monoisotopic (exact) mass is 284 g/mol. The van der Waals surface area contributed by atoms with E-state index in [1.807, 2.05) is 35.8 Å². The predicted octanol–water partition coefficient (Wildman–Crippen LogP) is 2.82. The molecule has 1 saturated carbocycles. The lowest BCUT2D eigenvalue weighted by molar-refractivity contribution is -0.122. The van der Waals surface area contributed by atoms with Gasteiger partial charge in [-0.2, -0.15) is 0 Å². The van der Waals surface area contributed by atoms with Crippen molar-refractivity contribution in [3.63, 3.8) is 0 Å². The summed E-state index contributed by atoms with van der Waals surface area (Å²) in [5.41, 5.74) is 2.48. The minimum Gasteiger partial charge on any atom is -0.352 e. The highest BCUT2D eigenvalue weighted by Crippen LogP contribution is 2.24. The predicted molar refractivity (Wildman–Crippen MR) is 82.5 cm³/mol. The Bertz CT molecular complexity index is 681. The molecule has 1 aliphatic rings. The average molecular weight is 284 g/mol.